The van der Waals surface area contributed by atoms with Crippen LogP contribution in [0.1, 0.15) is 0 Å². The number of aromatic nitrogens is 3. The van der Waals surface area contributed by atoms with E-state index in [1.807, 2.05) is 0 Å². The highest BCUT2D eigenvalue weighted by atomic mass is 16.2. The van der Waals surface area contributed by atoms with Crippen LogP contribution in [0.3, 0.4) is 0 Å². The van der Waals surface area contributed by atoms with Gasteiger partial charge in [-0.05, 0) is 23.8 Å². The van der Waals surface area contributed by atoms with Crippen LogP contribution in [0.15, 0.2) is 47.7 Å². The lowest BCUT2D eigenvalue weighted by Crippen LogP contribution is -2.20. The van der Waals surface area contributed by atoms with Gasteiger partial charge in [-0.25, -0.2) is 14.8 Å². The number of hydrogen-bond donors (Lipinski definition) is 2. The second-order valence-corrected chi connectivity index (χ2v) is 4.79. The first kappa shape index (κ1) is 13.7. The lowest BCUT2D eigenvalue weighted by molar-refractivity contribution is 0.259. The molecule has 0 saturated heterocycles. The molecule has 0 radical (unpaired) electrons. The van der Waals surface area contributed by atoms with Gasteiger partial charge in [0.25, 0.3) is 5.56 Å². The second-order valence-electron chi connectivity index (χ2n) is 4.79. The van der Waals surface area contributed by atoms with Crippen LogP contribution in [0.4, 0.5) is 10.5 Å². The average molecular weight is 295 g/mol. The number of carbonyl (C=O) groups excluding carboxylic acids is 1. The molecule has 0 spiro atoms. The quantitative estimate of drug-likeness (QED) is 0.747. The Bertz CT molecular complexity index is 933. The van der Waals surface area contributed by atoms with Crippen molar-refractivity contribution in [2.45, 2.75) is 0 Å². The van der Waals surface area contributed by atoms with Gasteiger partial charge in [-0.15, -0.1) is 0 Å². The molecule has 0 aliphatic rings. The van der Waals surface area contributed by atoms with Crippen LogP contribution in [0.2, 0.25) is 0 Å². The summed E-state index contributed by atoms with van der Waals surface area (Å²) in [6.07, 6.45) is 3.05. The van der Waals surface area contributed by atoms with Crippen molar-refractivity contribution in [2.75, 3.05) is 5.32 Å². The number of carbonyl (C=O) groups is 1. The lowest BCUT2D eigenvalue weighted by Gasteiger charge is -2.09. The van der Waals surface area contributed by atoms with Crippen molar-refractivity contribution in [3.8, 4) is 11.1 Å². The van der Waals surface area contributed by atoms with E-state index < -0.39 is 6.03 Å². The van der Waals surface area contributed by atoms with Gasteiger partial charge >= 0.3 is 6.03 Å². The Labute approximate surface area is 125 Å². The number of hydrogen-bond acceptors (Lipinski definition) is 4. The first-order valence-corrected chi connectivity index (χ1v) is 6.53. The summed E-state index contributed by atoms with van der Waals surface area (Å²) in [5, 5.41) is 3.25. The fourth-order valence-corrected chi connectivity index (χ4v) is 2.32. The van der Waals surface area contributed by atoms with Gasteiger partial charge in [-0.2, -0.15) is 0 Å². The zero-order valence-electron chi connectivity index (χ0n) is 11.8. The van der Waals surface area contributed by atoms with Crippen molar-refractivity contribution in [1.29, 1.82) is 0 Å². The summed E-state index contributed by atoms with van der Waals surface area (Å²) in [4.78, 5) is 31.5. The summed E-state index contributed by atoms with van der Waals surface area (Å²) in [5.41, 5.74) is 7.20. The van der Waals surface area contributed by atoms with Crippen LogP contribution in [0.5, 0.6) is 0 Å². The van der Waals surface area contributed by atoms with Crippen molar-refractivity contribution >= 4 is 22.8 Å². The molecule has 1 aromatic carbocycles. The van der Waals surface area contributed by atoms with Crippen molar-refractivity contribution in [2.24, 2.45) is 12.8 Å². The van der Waals surface area contributed by atoms with Gasteiger partial charge in [0, 0.05) is 29.9 Å². The van der Waals surface area contributed by atoms with E-state index in [4.69, 9.17) is 5.73 Å². The highest BCUT2D eigenvalue weighted by molar-refractivity contribution is 5.89. The number of fused-ring (bicyclic) bond motifs is 1. The Morgan fingerprint density at radius 1 is 1.32 bits per heavy atom. The predicted molar refractivity (Wildman–Crippen MR) is 83.4 cm³/mol. The highest BCUT2D eigenvalue weighted by Gasteiger charge is 2.10. The van der Waals surface area contributed by atoms with Gasteiger partial charge in [0.2, 0.25) is 0 Å². The minimum atomic E-state index is -0.656. The molecule has 0 aliphatic carbocycles. The van der Waals surface area contributed by atoms with Crippen LogP contribution < -0.4 is 16.6 Å². The molecule has 3 N–H and O–H groups in total. The normalized spacial score (nSPS) is 10.6. The van der Waals surface area contributed by atoms with Crippen molar-refractivity contribution in [3.05, 3.63) is 53.2 Å². The lowest BCUT2D eigenvalue weighted by atomic mass is 10.1. The molecule has 2 aromatic heterocycles. The number of anilines is 1. The Balaban J connectivity index is 2.20. The Morgan fingerprint density at radius 2 is 2.14 bits per heavy atom. The molecule has 110 valence electrons. The van der Waals surface area contributed by atoms with E-state index in [9.17, 15) is 9.59 Å². The molecule has 22 heavy (non-hydrogen) atoms. The maximum atomic E-state index is 12.5. The first-order valence-electron chi connectivity index (χ1n) is 6.53. The van der Waals surface area contributed by atoms with E-state index in [0.717, 1.165) is 5.39 Å². The molecule has 0 fully saturated rings. The minimum Gasteiger partial charge on any atom is -0.351 e. The zero-order chi connectivity index (χ0) is 15.7. The largest absolute Gasteiger partial charge is 0.351 e. The third kappa shape index (κ3) is 2.39. The molecule has 2 amide bonds. The number of nitrogens with zero attached hydrogens (tertiary/aromatic N) is 3. The highest BCUT2D eigenvalue weighted by Crippen LogP contribution is 2.22. The van der Waals surface area contributed by atoms with E-state index in [2.05, 4.69) is 15.3 Å². The van der Waals surface area contributed by atoms with Crippen molar-refractivity contribution in [1.82, 2.24) is 14.5 Å². The van der Waals surface area contributed by atoms with Gasteiger partial charge < -0.3 is 11.1 Å². The summed E-state index contributed by atoms with van der Waals surface area (Å²) in [5.74, 6) is 0. The summed E-state index contributed by atoms with van der Waals surface area (Å²) in [6, 6.07) is 8.00. The number of nitrogens with one attached hydrogen (secondary N) is 1. The SMILES string of the molecule is Cn1c(=O)c(-c2cccc(NC(N)=O)c2)cc2cncnc21. The van der Waals surface area contributed by atoms with Gasteiger partial charge in [-0.3, -0.25) is 9.36 Å². The number of pyridine rings is 1. The number of aryl methyl sites for hydroxylation is 1. The molecular weight excluding hydrogens is 282 g/mol. The monoisotopic (exact) mass is 295 g/mol. The average Bonchev–Trinajstić information content (AvgIpc) is 2.50. The summed E-state index contributed by atoms with van der Waals surface area (Å²) < 4.78 is 1.47. The number of primary amides is 1. The molecule has 0 unspecified atom stereocenters. The van der Waals surface area contributed by atoms with Gasteiger partial charge in [0.1, 0.15) is 12.0 Å². The number of nitrogens with two attached hydrogens (primary N) is 1. The molecule has 0 saturated carbocycles. The summed E-state index contributed by atoms with van der Waals surface area (Å²) in [6.45, 7) is 0. The van der Waals surface area contributed by atoms with Crippen molar-refractivity contribution < 1.29 is 4.79 Å². The van der Waals surface area contributed by atoms with Crippen LogP contribution in [0, 0.1) is 0 Å². The molecular formula is C15H13N5O2. The first-order chi connectivity index (χ1) is 10.6. The van der Waals surface area contributed by atoms with E-state index >= 15 is 0 Å². The molecule has 7 heteroatoms. The summed E-state index contributed by atoms with van der Waals surface area (Å²) >= 11 is 0. The standard InChI is InChI=1S/C15H13N5O2/c1-20-13-10(7-17-8-18-13)6-12(14(20)21)9-3-2-4-11(5-9)19-15(16)22/h2-8H,1H3,(H3,16,19,22). The van der Waals surface area contributed by atoms with Gasteiger partial charge in [-0.1, -0.05) is 12.1 Å². The van der Waals surface area contributed by atoms with Crippen molar-refractivity contribution in [3.63, 3.8) is 0 Å². The van der Waals surface area contributed by atoms with E-state index in [1.165, 1.54) is 10.9 Å². The topological polar surface area (TPSA) is 103 Å². The number of benzene rings is 1. The minimum absolute atomic E-state index is 0.178. The maximum Gasteiger partial charge on any atom is 0.316 e. The molecule has 0 atom stereocenters. The molecule has 0 bridgehead atoms. The Morgan fingerprint density at radius 3 is 2.91 bits per heavy atom. The second kappa shape index (κ2) is 5.28. The maximum absolute atomic E-state index is 12.5. The van der Waals surface area contributed by atoms with Crippen LogP contribution in [-0.2, 0) is 7.05 Å². The van der Waals surface area contributed by atoms with E-state index in [-0.39, 0.29) is 5.56 Å². The molecule has 2 heterocycles. The fourth-order valence-electron chi connectivity index (χ4n) is 2.32. The van der Waals surface area contributed by atoms with Gasteiger partial charge in [0.05, 0.1) is 0 Å². The molecule has 7 nitrogen and oxygen atoms in total. The van der Waals surface area contributed by atoms with Crippen LogP contribution in [-0.4, -0.2) is 20.6 Å². The predicted octanol–water partition coefficient (Wildman–Crippen LogP) is 1.49. The Hall–Kier alpha value is -3.22. The van der Waals surface area contributed by atoms with E-state index in [0.29, 0.717) is 22.5 Å². The zero-order valence-corrected chi connectivity index (χ0v) is 11.8. The fraction of sp³-hybridized carbons (Fsp3) is 0.0667. The summed E-state index contributed by atoms with van der Waals surface area (Å²) in [7, 11) is 1.66. The van der Waals surface area contributed by atoms with Crippen LogP contribution >= 0.6 is 0 Å². The molecule has 3 aromatic rings. The molecule has 3 rings (SSSR count). The molecule has 0 aliphatic heterocycles. The Kier molecular flexibility index (Phi) is 3.30. The smallest absolute Gasteiger partial charge is 0.316 e. The third-order valence-electron chi connectivity index (χ3n) is 3.31. The number of urea groups is 1. The number of rotatable bonds is 2. The van der Waals surface area contributed by atoms with Crippen LogP contribution in [0.25, 0.3) is 22.2 Å². The number of amides is 2. The van der Waals surface area contributed by atoms with E-state index in [1.54, 1.807) is 43.6 Å². The third-order valence-corrected chi connectivity index (χ3v) is 3.31. The van der Waals surface area contributed by atoms with Gasteiger partial charge in [0.15, 0.2) is 0 Å².